The van der Waals surface area contributed by atoms with Gasteiger partial charge in [0.15, 0.2) is 0 Å². The van der Waals surface area contributed by atoms with E-state index in [1.807, 2.05) is 23.1 Å². The van der Waals surface area contributed by atoms with Crippen molar-refractivity contribution in [1.82, 2.24) is 15.1 Å². The molecule has 0 aliphatic carbocycles. The number of aromatic nitrogens is 2. The molecular weight excluding hydrogens is 333 g/mol. The monoisotopic (exact) mass is 353 g/mol. The van der Waals surface area contributed by atoms with Gasteiger partial charge in [0.05, 0.1) is 6.20 Å². The lowest BCUT2D eigenvalue weighted by atomic mass is 10.00. The van der Waals surface area contributed by atoms with E-state index >= 15 is 0 Å². The molecule has 0 fully saturated rings. The first-order valence-corrected chi connectivity index (χ1v) is 8.13. The Balaban J connectivity index is 2.25. The Morgan fingerprint density at radius 3 is 2.81 bits per heavy atom. The summed E-state index contributed by atoms with van der Waals surface area (Å²) in [7, 11) is 0. The van der Waals surface area contributed by atoms with Gasteiger partial charge in [-0.25, -0.2) is 4.39 Å². The maximum atomic E-state index is 14.2. The van der Waals surface area contributed by atoms with E-state index < -0.39 is 0 Å². The Kier molecular flexibility index (Phi) is 5.94. The van der Waals surface area contributed by atoms with Crippen LogP contribution in [-0.4, -0.2) is 16.3 Å². The summed E-state index contributed by atoms with van der Waals surface area (Å²) >= 11 is 3.47. The first-order chi connectivity index (χ1) is 10.2. The highest BCUT2D eigenvalue weighted by Gasteiger charge is 2.19. The minimum absolute atomic E-state index is 0.0602. The molecule has 1 heterocycles. The molecule has 0 aliphatic heterocycles. The summed E-state index contributed by atoms with van der Waals surface area (Å²) in [6.07, 6.45) is 5.62. The van der Waals surface area contributed by atoms with E-state index in [-0.39, 0.29) is 11.9 Å². The van der Waals surface area contributed by atoms with Gasteiger partial charge in [0.1, 0.15) is 5.82 Å². The molecule has 0 radical (unpaired) electrons. The number of nitrogens with zero attached hydrogens (tertiary/aromatic N) is 2. The fourth-order valence-electron chi connectivity index (χ4n) is 2.36. The summed E-state index contributed by atoms with van der Waals surface area (Å²) in [6.45, 7) is 5.86. The van der Waals surface area contributed by atoms with Crippen LogP contribution in [0.2, 0.25) is 0 Å². The van der Waals surface area contributed by atoms with Gasteiger partial charge in [0.25, 0.3) is 0 Å². The van der Waals surface area contributed by atoms with Crippen LogP contribution in [0.4, 0.5) is 4.39 Å². The molecule has 0 saturated heterocycles. The number of benzene rings is 1. The normalized spacial score (nSPS) is 12.6. The fraction of sp³-hybridized carbons (Fsp3) is 0.438. The lowest BCUT2D eigenvalue weighted by Gasteiger charge is -2.20. The first kappa shape index (κ1) is 16.2. The van der Waals surface area contributed by atoms with Crippen molar-refractivity contribution in [3.05, 3.63) is 52.0 Å². The third-order valence-electron chi connectivity index (χ3n) is 3.44. The highest BCUT2D eigenvalue weighted by atomic mass is 79.9. The number of rotatable bonds is 7. The molecule has 0 spiro atoms. The van der Waals surface area contributed by atoms with Crippen LogP contribution < -0.4 is 5.32 Å². The summed E-state index contributed by atoms with van der Waals surface area (Å²) in [4.78, 5) is 0. The first-order valence-electron chi connectivity index (χ1n) is 7.34. The SMILES string of the molecule is CCCNC(Cc1cnn(CC)c1)c1c(F)cccc1Br. The molecule has 3 nitrogen and oxygen atoms in total. The number of aryl methyl sites for hydroxylation is 1. The van der Waals surface area contributed by atoms with E-state index in [0.717, 1.165) is 36.0 Å². The highest BCUT2D eigenvalue weighted by molar-refractivity contribution is 9.10. The average molecular weight is 354 g/mol. The molecule has 2 aromatic rings. The van der Waals surface area contributed by atoms with E-state index in [0.29, 0.717) is 5.56 Å². The van der Waals surface area contributed by atoms with Gasteiger partial charge in [-0.05, 0) is 44.0 Å². The molecule has 5 heteroatoms. The lowest BCUT2D eigenvalue weighted by molar-refractivity contribution is 0.494. The molecule has 0 amide bonds. The van der Waals surface area contributed by atoms with Crippen molar-refractivity contribution in [2.24, 2.45) is 0 Å². The molecule has 114 valence electrons. The maximum absolute atomic E-state index is 14.2. The quantitative estimate of drug-likeness (QED) is 0.812. The van der Waals surface area contributed by atoms with Crippen molar-refractivity contribution < 1.29 is 4.39 Å². The molecule has 1 aromatic carbocycles. The summed E-state index contributed by atoms with van der Waals surface area (Å²) in [5, 5.41) is 7.73. The zero-order chi connectivity index (χ0) is 15.2. The van der Waals surface area contributed by atoms with E-state index in [2.05, 4.69) is 40.2 Å². The molecule has 21 heavy (non-hydrogen) atoms. The van der Waals surface area contributed by atoms with E-state index in [1.165, 1.54) is 6.07 Å². The minimum Gasteiger partial charge on any atom is -0.310 e. The Labute approximate surface area is 133 Å². The predicted molar refractivity (Wildman–Crippen MR) is 86.7 cm³/mol. The Hall–Kier alpha value is -1.20. The van der Waals surface area contributed by atoms with E-state index in [9.17, 15) is 4.39 Å². The largest absolute Gasteiger partial charge is 0.310 e. The zero-order valence-electron chi connectivity index (χ0n) is 12.4. The number of hydrogen-bond donors (Lipinski definition) is 1. The smallest absolute Gasteiger partial charge is 0.129 e. The number of halogens is 2. The molecule has 1 atom stereocenters. The van der Waals surface area contributed by atoms with Crippen molar-refractivity contribution in [3.8, 4) is 0 Å². The fourth-order valence-corrected chi connectivity index (χ4v) is 2.98. The lowest BCUT2D eigenvalue weighted by Crippen LogP contribution is -2.25. The Bertz CT molecular complexity index is 562. The molecule has 0 saturated carbocycles. The molecule has 0 bridgehead atoms. The minimum atomic E-state index is -0.180. The van der Waals surface area contributed by atoms with Gasteiger partial charge in [-0.2, -0.15) is 5.10 Å². The van der Waals surface area contributed by atoms with Gasteiger partial charge in [0.2, 0.25) is 0 Å². The zero-order valence-corrected chi connectivity index (χ0v) is 14.0. The number of hydrogen-bond acceptors (Lipinski definition) is 2. The van der Waals surface area contributed by atoms with Crippen molar-refractivity contribution >= 4 is 15.9 Å². The van der Waals surface area contributed by atoms with Crippen LogP contribution in [0.1, 0.15) is 37.4 Å². The average Bonchev–Trinajstić information content (AvgIpc) is 2.92. The van der Waals surface area contributed by atoms with Gasteiger partial charge in [-0.1, -0.05) is 28.9 Å². The van der Waals surface area contributed by atoms with Gasteiger partial charge in [-0.15, -0.1) is 0 Å². The third kappa shape index (κ3) is 4.14. The van der Waals surface area contributed by atoms with Crippen LogP contribution in [0.25, 0.3) is 0 Å². The number of nitrogens with one attached hydrogen (secondary N) is 1. The topological polar surface area (TPSA) is 29.9 Å². The van der Waals surface area contributed by atoms with E-state index in [1.54, 1.807) is 6.07 Å². The Morgan fingerprint density at radius 1 is 1.38 bits per heavy atom. The van der Waals surface area contributed by atoms with Crippen LogP contribution in [0.3, 0.4) is 0 Å². The third-order valence-corrected chi connectivity index (χ3v) is 4.13. The van der Waals surface area contributed by atoms with Crippen LogP contribution in [0.15, 0.2) is 35.1 Å². The molecule has 1 N–H and O–H groups in total. The van der Waals surface area contributed by atoms with Crippen LogP contribution in [-0.2, 0) is 13.0 Å². The van der Waals surface area contributed by atoms with Gasteiger partial charge in [-0.3, -0.25) is 4.68 Å². The summed E-state index contributed by atoms with van der Waals surface area (Å²) in [5.41, 5.74) is 1.80. The van der Waals surface area contributed by atoms with Crippen LogP contribution in [0, 0.1) is 5.82 Å². The van der Waals surface area contributed by atoms with Crippen LogP contribution >= 0.6 is 15.9 Å². The second-order valence-electron chi connectivity index (χ2n) is 5.05. The second-order valence-corrected chi connectivity index (χ2v) is 5.90. The van der Waals surface area contributed by atoms with Crippen molar-refractivity contribution in [2.75, 3.05) is 6.54 Å². The summed E-state index contributed by atoms with van der Waals surface area (Å²) < 4.78 is 16.9. The molecule has 1 unspecified atom stereocenters. The molecule has 1 aromatic heterocycles. The van der Waals surface area contributed by atoms with Gasteiger partial charge >= 0.3 is 0 Å². The highest BCUT2D eigenvalue weighted by Crippen LogP contribution is 2.28. The second kappa shape index (κ2) is 7.71. The summed E-state index contributed by atoms with van der Waals surface area (Å²) in [5.74, 6) is -0.180. The van der Waals surface area contributed by atoms with Crippen LogP contribution in [0.5, 0.6) is 0 Å². The van der Waals surface area contributed by atoms with Crippen molar-refractivity contribution in [1.29, 1.82) is 0 Å². The Morgan fingerprint density at radius 2 is 2.19 bits per heavy atom. The standard InChI is InChI=1S/C16H21BrFN3/c1-3-8-19-15(9-12-10-20-21(4-2)11-12)16-13(17)6-5-7-14(16)18/h5-7,10-11,15,19H,3-4,8-9H2,1-2H3. The predicted octanol–water partition coefficient (Wildman–Crippen LogP) is 4.09. The van der Waals surface area contributed by atoms with Crippen molar-refractivity contribution in [3.63, 3.8) is 0 Å². The van der Waals surface area contributed by atoms with Gasteiger partial charge in [0, 0.05) is 28.8 Å². The molecule has 0 aliphatic rings. The van der Waals surface area contributed by atoms with E-state index in [4.69, 9.17) is 0 Å². The molecular formula is C16H21BrFN3. The summed E-state index contributed by atoms with van der Waals surface area (Å²) in [6, 6.07) is 5.05. The van der Waals surface area contributed by atoms with Crippen molar-refractivity contribution in [2.45, 2.75) is 39.3 Å². The maximum Gasteiger partial charge on any atom is 0.129 e. The molecule has 2 rings (SSSR count). The van der Waals surface area contributed by atoms with Gasteiger partial charge < -0.3 is 5.32 Å².